The number of hydrogen-bond donors (Lipinski definition) is 0. The van der Waals surface area contributed by atoms with E-state index in [9.17, 15) is 9.18 Å². The average Bonchev–Trinajstić information content (AvgIpc) is 3.71. The number of halogens is 1. The molecule has 43 heavy (non-hydrogen) atoms. The van der Waals surface area contributed by atoms with Crippen molar-refractivity contribution in [2.45, 2.75) is 20.3 Å². The zero-order chi connectivity index (χ0) is 29.8. The number of aromatic nitrogens is 5. The van der Waals surface area contributed by atoms with Crippen LogP contribution in [0.5, 0.6) is 11.5 Å². The van der Waals surface area contributed by atoms with E-state index in [4.69, 9.17) is 14.6 Å². The lowest BCUT2D eigenvalue weighted by atomic mass is 10.1. The highest BCUT2D eigenvalue weighted by molar-refractivity contribution is 7.15. The van der Waals surface area contributed by atoms with Crippen molar-refractivity contribution in [3.8, 4) is 28.4 Å². The maximum absolute atomic E-state index is 14.8. The summed E-state index contributed by atoms with van der Waals surface area (Å²) in [5.41, 5.74) is 3.25. The van der Waals surface area contributed by atoms with Gasteiger partial charge in [-0.2, -0.15) is 14.6 Å². The molecule has 0 unspecified atom stereocenters. The maximum Gasteiger partial charge on any atom is 0.291 e. The van der Waals surface area contributed by atoms with Crippen LogP contribution in [0.25, 0.3) is 40.1 Å². The summed E-state index contributed by atoms with van der Waals surface area (Å²) < 4.78 is 29.2. The van der Waals surface area contributed by atoms with Crippen LogP contribution in [0.15, 0.2) is 83.8 Å². The van der Waals surface area contributed by atoms with Crippen molar-refractivity contribution >= 4 is 34.5 Å². The molecule has 0 aliphatic heterocycles. The van der Waals surface area contributed by atoms with Gasteiger partial charge in [-0.15, -0.1) is 5.10 Å². The minimum Gasteiger partial charge on any atom is -0.494 e. The van der Waals surface area contributed by atoms with Gasteiger partial charge in [0.2, 0.25) is 4.96 Å². The van der Waals surface area contributed by atoms with Gasteiger partial charge in [-0.3, -0.25) is 4.79 Å². The van der Waals surface area contributed by atoms with E-state index in [-0.39, 0.29) is 11.3 Å². The molecule has 0 fully saturated rings. The average molecular weight is 594 g/mol. The Hall–Kier alpha value is -5.09. The summed E-state index contributed by atoms with van der Waals surface area (Å²) in [6.45, 7) is 4.91. The van der Waals surface area contributed by atoms with Crippen LogP contribution in [0.3, 0.4) is 0 Å². The van der Waals surface area contributed by atoms with E-state index in [1.54, 1.807) is 35.9 Å². The van der Waals surface area contributed by atoms with Gasteiger partial charge in [-0.05, 0) is 73.5 Å². The summed E-state index contributed by atoms with van der Waals surface area (Å²) in [6.07, 6.45) is 8.18. The van der Waals surface area contributed by atoms with E-state index in [2.05, 4.69) is 17.0 Å². The molecule has 0 bridgehead atoms. The molecule has 216 valence electrons. The Morgan fingerprint density at radius 2 is 1.77 bits per heavy atom. The first-order valence-corrected chi connectivity index (χ1v) is 14.7. The Bertz CT molecular complexity index is 2010. The third kappa shape index (κ3) is 6.09. The normalized spacial score (nSPS) is 12.0. The molecule has 10 heteroatoms. The second-order valence-corrected chi connectivity index (χ2v) is 10.6. The molecule has 6 rings (SSSR count). The monoisotopic (exact) mass is 593 g/mol. The number of thiazole rings is 1. The topological polar surface area (TPSA) is 83.5 Å². The van der Waals surface area contributed by atoms with Crippen molar-refractivity contribution in [3.63, 3.8) is 0 Å². The number of fused-ring (bicyclic) bond motifs is 1. The number of rotatable bonds is 10. The third-order valence-corrected chi connectivity index (χ3v) is 7.49. The van der Waals surface area contributed by atoms with Crippen LogP contribution in [-0.4, -0.2) is 37.6 Å². The molecule has 3 heterocycles. The Kier molecular flexibility index (Phi) is 8.10. The fourth-order valence-electron chi connectivity index (χ4n) is 4.48. The lowest BCUT2D eigenvalue weighted by molar-refractivity contribution is 0.317. The molecule has 0 atom stereocenters. The highest BCUT2D eigenvalue weighted by Crippen LogP contribution is 2.28. The molecule has 0 N–H and O–H groups in total. The first kappa shape index (κ1) is 28.0. The van der Waals surface area contributed by atoms with Gasteiger partial charge < -0.3 is 9.47 Å². The van der Waals surface area contributed by atoms with E-state index in [1.165, 1.54) is 21.9 Å². The first-order chi connectivity index (χ1) is 21.0. The van der Waals surface area contributed by atoms with Crippen LogP contribution in [0.1, 0.15) is 37.2 Å². The highest BCUT2D eigenvalue weighted by atomic mass is 32.1. The van der Waals surface area contributed by atoms with E-state index in [0.717, 1.165) is 23.4 Å². The Labute approximate surface area is 251 Å². The van der Waals surface area contributed by atoms with Gasteiger partial charge >= 0.3 is 0 Å². The minimum atomic E-state index is -0.482. The number of hydrogen-bond acceptors (Lipinski definition) is 7. The second kappa shape index (κ2) is 12.4. The summed E-state index contributed by atoms with van der Waals surface area (Å²) >= 11 is 1.23. The van der Waals surface area contributed by atoms with E-state index < -0.39 is 5.82 Å². The number of para-hydroxylation sites is 1. The van der Waals surface area contributed by atoms with Crippen molar-refractivity contribution in [1.29, 1.82) is 0 Å². The summed E-state index contributed by atoms with van der Waals surface area (Å²) in [5.74, 6) is 0.951. The van der Waals surface area contributed by atoms with Gasteiger partial charge in [-0.25, -0.2) is 9.07 Å². The van der Waals surface area contributed by atoms with Crippen LogP contribution in [-0.2, 0) is 0 Å². The summed E-state index contributed by atoms with van der Waals surface area (Å²) in [4.78, 5) is 18.3. The minimum absolute atomic E-state index is 0.175. The van der Waals surface area contributed by atoms with Gasteiger partial charge in [0.15, 0.2) is 17.4 Å². The SMILES string of the molecule is CCCOc1ccc(/C=C/c2nc3s/c(=C\c4cn(-c5ccccc5)nc4-c4ccc(OCC)c(F)c4)c(=O)n3n2)cc1. The number of benzene rings is 3. The molecular weight excluding hydrogens is 565 g/mol. The molecule has 0 spiro atoms. The summed E-state index contributed by atoms with van der Waals surface area (Å²) in [7, 11) is 0. The van der Waals surface area contributed by atoms with Crippen LogP contribution in [0, 0.1) is 5.82 Å². The lowest BCUT2D eigenvalue weighted by Crippen LogP contribution is -2.23. The molecule has 0 aliphatic rings. The molecule has 6 aromatic rings. The number of ether oxygens (including phenoxy) is 2. The van der Waals surface area contributed by atoms with Crippen molar-refractivity contribution in [3.05, 3.63) is 117 Å². The first-order valence-electron chi connectivity index (χ1n) is 13.9. The fraction of sp³-hybridized carbons (Fsp3) is 0.152. The van der Waals surface area contributed by atoms with E-state index in [1.807, 2.05) is 66.9 Å². The standard InChI is InChI=1S/C33H28FN5O3S/c1-3-18-42-26-14-10-22(11-15-26)12-17-30-35-33-39(36-30)32(40)29(43-33)20-24-21-38(25-8-6-5-7-9-25)37-31(24)23-13-16-28(41-4-2)27(34)19-23/h5-17,19-21H,3-4,18H2,1-2H3/b17-12+,29-20-. The Morgan fingerprint density at radius 3 is 2.49 bits per heavy atom. The quantitative estimate of drug-likeness (QED) is 0.192. The highest BCUT2D eigenvalue weighted by Gasteiger charge is 2.16. The van der Waals surface area contributed by atoms with Gasteiger partial charge in [0.1, 0.15) is 11.4 Å². The largest absolute Gasteiger partial charge is 0.494 e. The molecule has 0 saturated heterocycles. The fourth-order valence-corrected chi connectivity index (χ4v) is 5.38. The molecule has 0 radical (unpaired) electrons. The van der Waals surface area contributed by atoms with Crippen molar-refractivity contribution in [2.24, 2.45) is 0 Å². The molecule has 8 nitrogen and oxygen atoms in total. The van der Waals surface area contributed by atoms with Gasteiger partial charge in [0.05, 0.1) is 23.4 Å². The Balaban J connectivity index is 1.34. The van der Waals surface area contributed by atoms with Gasteiger partial charge in [0.25, 0.3) is 5.56 Å². The van der Waals surface area contributed by atoms with Crippen LogP contribution < -0.4 is 19.6 Å². The molecule has 0 saturated carbocycles. The van der Waals surface area contributed by atoms with E-state index >= 15 is 0 Å². The van der Waals surface area contributed by atoms with Crippen LogP contribution in [0.2, 0.25) is 0 Å². The van der Waals surface area contributed by atoms with Crippen LogP contribution >= 0.6 is 11.3 Å². The van der Waals surface area contributed by atoms with Gasteiger partial charge in [0, 0.05) is 17.3 Å². The molecule has 0 amide bonds. The molecule has 3 aromatic heterocycles. The van der Waals surface area contributed by atoms with Crippen molar-refractivity contribution in [1.82, 2.24) is 24.4 Å². The Morgan fingerprint density at radius 1 is 0.953 bits per heavy atom. The third-order valence-electron chi connectivity index (χ3n) is 6.53. The molecule has 0 aliphatic carbocycles. The zero-order valence-corrected chi connectivity index (χ0v) is 24.4. The molecular formula is C33H28FN5O3S. The summed E-state index contributed by atoms with van der Waals surface area (Å²) in [6, 6.07) is 22.1. The van der Waals surface area contributed by atoms with Gasteiger partial charge in [-0.1, -0.05) is 54.7 Å². The zero-order valence-electron chi connectivity index (χ0n) is 23.6. The smallest absolute Gasteiger partial charge is 0.291 e. The predicted molar refractivity (Wildman–Crippen MR) is 167 cm³/mol. The molecule has 3 aromatic carbocycles. The second-order valence-electron chi connectivity index (χ2n) is 9.62. The maximum atomic E-state index is 14.8. The van der Waals surface area contributed by atoms with E-state index in [0.29, 0.717) is 45.4 Å². The van der Waals surface area contributed by atoms with Crippen LogP contribution in [0.4, 0.5) is 4.39 Å². The summed E-state index contributed by atoms with van der Waals surface area (Å²) in [5, 5.41) is 9.16. The van der Waals surface area contributed by atoms with Crippen molar-refractivity contribution < 1.29 is 13.9 Å². The lowest BCUT2D eigenvalue weighted by Gasteiger charge is -2.06. The van der Waals surface area contributed by atoms with Crippen molar-refractivity contribution in [2.75, 3.05) is 13.2 Å². The number of nitrogens with zero attached hydrogens (tertiary/aromatic N) is 5. The predicted octanol–water partition coefficient (Wildman–Crippen LogP) is 6.05.